The molecule has 2 aromatic heterocycles. The highest BCUT2D eigenvalue weighted by atomic mass is 32.1. The van der Waals surface area contributed by atoms with Crippen molar-refractivity contribution in [2.24, 2.45) is 0 Å². The van der Waals surface area contributed by atoms with E-state index >= 15 is 0 Å². The SMILES string of the molecule is CN(C)c1nc(CNC(=O)Nc2cccs2)nc(N2CCCCC2)n1. The lowest BCUT2D eigenvalue weighted by Crippen LogP contribution is -2.33. The first-order valence-electron chi connectivity index (χ1n) is 8.37. The standard InChI is InChI=1S/C16H23N7OS/c1-22(2)14-18-12(11-17-16(24)20-13-7-6-10-25-13)19-15(21-14)23-8-4-3-5-9-23/h6-7,10H,3-5,8-9,11H2,1-2H3,(H2,17,20,24). The van der Waals surface area contributed by atoms with Crippen LogP contribution in [-0.4, -0.2) is 48.2 Å². The van der Waals surface area contributed by atoms with E-state index in [0.29, 0.717) is 17.7 Å². The van der Waals surface area contributed by atoms with Crippen LogP contribution in [-0.2, 0) is 6.54 Å². The molecule has 1 aliphatic heterocycles. The van der Waals surface area contributed by atoms with Crippen molar-refractivity contribution in [3.8, 4) is 0 Å². The summed E-state index contributed by atoms with van der Waals surface area (Å²) < 4.78 is 0. The lowest BCUT2D eigenvalue weighted by Gasteiger charge is -2.27. The summed E-state index contributed by atoms with van der Waals surface area (Å²) in [7, 11) is 3.80. The third-order valence-corrected chi connectivity index (χ3v) is 4.65. The molecule has 2 N–H and O–H groups in total. The molecule has 3 heterocycles. The largest absolute Gasteiger partial charge is 0.347 e. The second kappa shape index (κ2) is 8.11. The topological polar surface area (TPSA) is 86.3 Å². The molecule has 0 spiro atoms. The van der Waals surface area contributed by atoms with Crippen molar-refractivity contribution in [1.82, 2.24) is 20.3 Å². The maximum atomic E-state index is 12.0. The molecular weight excluding hydrogens is 338 g/mol. The van der Waals surface area contributed by atoms with Crippen LogP contribution in [0.2, 0.25) is 0 Å². The summed E-state index contributed by atoms with van der Waals surface area (Å²) in [5.74, 6) is 1.85. The molecule has 0 aromatic carbocycles. The van der Waals surface area contributed by atoms with Crippen LogP contribution in [0.1, 0.15) is 25.1 Å². The Morgan fingerprint density at radius 2 is 2.04 bits per heavy atom. The summed E-state index contributed by atoms with van der Waals surface area (Å²) in [5, 5.41) is 8.30. The van der Waals surface area contributed by atoms with Crippen LogP contribution in [0.4, 0.5) is 21.7 Å². The molecule has 8 nitrogen and oxygen atoms in total. The Morgan fingerprint density at radius 3 is 2.72 bits per heavy atom. The van der Waals surface area contributed by atoms with Crippen LogP contribution < -0.4 is 20.4 Å². The number of anilines is 3. The van der Waals surface area contributed by atoms with Gasteiger partial charge in [0.05, 0.1) is 11.5 Å². The van der Waals surface area contributed by atoms with E-state index in [1.54, 1.807) is 0 Å². The smallest absolute Gasteiger partial charge is 0.320 e. The van der Waals surface area contributed by atoms with Gasteiger partial charge in [-0.2, -0.15) is 15.0 Å². The number of nitrogens with zero attached hydrogens (tertiary/aromatic N) is 5. The number of hydrogen-bond acceptors (Lipinski definition) is 7. The molecule has 0 atom stereocenters. The first-order valence-corrected chi connectivity index (χ1v) is 9.25. The summed E-state index contributed by atoms with van der Waals surface area (Å²) in [4.78, 5) is 29.5. The highest BCUT2D eigenvalue weighted by molar-refractivity contribution is 7.14. The van der Waals surface area contributed by atoms with E-state index in [1.807, 2.05) is 36.5 Å². The summed E-state index contributed by atoms with van der Waals surface area (Å²) in [5.41, 5.74) is 0. The third kappa shape index (κ3) is 4.79. The minimum atomic E-state index is -0.270. The maximum absolute atomic E-state index is 12.0. The van der Waals surface area contributed by atoms with E-state index in [1.165, 1.54) is 17.8 Å². The maximum Gasteiger partial charge on any atom is 0.320 e. The van der Waals surface area contributed by atoms with Gasteiger partial charge in [-0.3, -0.25) is 5.32 Å². The number of nitrogens with one attached hydrogen (secondary N) is 2. The van der Waals surface area contributed by atoms with Gasteiger partial charge in [-0.1, -0.05) is 0 Å². The number of amides is 2. The molecule has 0 saturated carbocycles. The number of carbonyl (C=O) groups excluding carboxylic acids is 1. The first kappa shape index (κ1) is 17.4. The van der Waals surface area contributed by atoms with Crippen LogP contribution in [0.15, 0.2) is 17.5 Å². The van der Waals surface area contributed by atoms with Crippen molar-refractivity contribution in [2.75, 3.05) is 42.3 Å². The normalized spacial score (nSPS) is 14.2. The molecule has 1 aliphatic rings. The quantitative estimate of drug-likeness (QED) is 0.850. The van der Waals surface area contributed by atoms with E-state index in [0.717, 1.165) is 30.9 Å². The zero-order valence-corrected chi connectivity index (χ0v) is 15.3. The monoisotopic (exact) mass is 361 g/mol. The van der Waals surface area contributed by atoms with E-state index < -0.39 is 0 Å². The number of piperidine rings is 1. The van der Waals surface area contributed by atoms with Gasteiger partial charge in [0.25, 0.3) is 0 Å². The Labute approximate surface area is 151 Å². The molecule has 1 saturated heterocycles. The third-order valence-electron chi connectivity index (χ3n) is 3.86. The second-order valence-corrected chi connectivity index (χ2v) is 7.03. The van der Waals surface area contributed by atoms with Crippen molar-refractivity contribution in [3.63, 3.8) is 0 Å². The van der Waals surface area contributed by atoms with Gasteiger partial charge in [-0.15, -0.1) is 11.3 Å². The zero-order chi connectivity index (χ0) is 17.6. The zero-order valence-electron chi connectivity index (χ0n) is 14.5. The molecule has 9 heteroatoms. The van der Waals surface area contributed by atoms with Gasteiger partial charge in [-0.25, -0.2) is 4.79 Å². The molecule has 2 amide bonds. The van der Waals surface area contributed by atoms with Gasteiger partial charge in [0.15, 0.2) is 5.82 Å². The molecule has 134 valence electrons. The average molecular weight is 361 g/mol. The predicted octanol–water partition coefficient (Wildman–Crippen LogP) is 2.31. The van der Waals surface area contributed by atoms with Gasteiger partial charge in [0, 0.05) is 27.2 Å². The van der Waals surface area contributed by atoms with E-state index in [4.69, 9.17) is 0 Å². The molecule has 25 heavy (non-hydrogen) atoms. The Bertz CT molecular complexity index is 699. The summed E-state index contributed by atoms with van der Waals surface area (Å²) in [6.45, 7) is 2.17. The number of thiophene rings is 1. The van der Waals surface area contributed by atoms with Crippen LogP contribution in [0, 0.1) is 0 Å². The second-order valence-electron chi connectivity index (χ2n) is 6.08. The molecule has 0 radical (unpaired) electrons. The molecular formula is C16H23N7OS. The predicted molar refractivity (Wildman–Crippen MR) is 100 cm³/mol. The van der Waals surface area contributed by atoms with Crippen LogP contribution in [0.25, 0.3) is 0 Å². The van der Waals surface area contributed by atoms with Gasteiger partial charge < -0.3 is 15.1 Å². The van der Waals surface area contributed by atoms with Gasteiger partial charge in [0.2, 0.25) is 11.9 Å². The number of aromatic nitrogens is 3. The lowest BCUT2D eigenvalue weighted by molar-refractivity contribution is 0.251. The summed E-state index contributed by atoms with van der Waals surface area (Å²) in [6, 6.07) is 3.47. The number of carbonyl (C=O) groups is 1. The van der Waals surface area contributed by atoms with Crippen molar-refractivity contribution in [2.45, 2.75) is 25.8 Å². The summed E-state index contributed by atoms with van der Waals surface area (Å²) in [6.07, 6.45) is 3.55. The highest BCUT2D eigenvalue weighted by Crippen LogP contribution is 2.18. The number of hydrogen-bond donors (Lipinski definition) is 2. The van der Waals surface area contributed by atoms with Gasteiger partial charge >= 0.3 is 6.03 Å². The van der Waals surface area contributed by atoms with Gasteiger partial charge in [0.1, 0.15) is 0 Å². The van der Waals surface area contributed by atoms with Crippen LogP contribution >= 0.6 is 11.3 Å². The fourth-order valence-electron chi connectivity index (χ4n) is 2.57. The minimum absolute atomic E-state index is 0.251. The van der Waals surface area contributed by atoms with E-state index in [-0.39, 0.29) is 12.6 Å². The van der Waals surface area contributed by atoms with Crippen molar-refractivity contribution in [3.05, 3.63) is 23.3 Å². The van der Waals surface area contributed by atoms with Crippen molar-refractivity contribution < 1.29 is 4.79 Å². The number of rotatable bonds is 5. The fourth-order valence-corrected chi connectivity index (χ4v) is 3.19. The summed E-state index contributed by atoms with van der Waals surface area (Å²) >= 11 is 1.47. The molecule has 0 unspecified atom stereocenters. The molecule has 2 aromatic rings. The Morgan fingerprint density at radius 1 is 1.24 bits per heavy atom. The van der Waals surface area contributed by atoms with E-state index in [9.17, 15) is 4.79 Å². The molecule has 0 bridgehead atoms. The van der Waals surface area contributed by atoms with Crippen LogP contribution in [0.3, 0.4) is 0 Å². The highest BCUT2D eigenvalue weighted by Gasteiger charge is 2.17. The minimum Gasteiger partial charge on any atom is -0.347 e. The van der Waals surface area contributed by atoms with Crippen LogP contribution in [0.5, 0.6) is 0 Å². The number of urea groups is 1. The molecule has 1 fully saturated rings. The van der Waals surface area contributed by atoms with Crippen molar-refractivity contribution >= 4 is 34.3 Å². The molecule has 3 rings (SSSR count). The molecule has 0 aliphatic carbocycles. The van der Waals surface area contributed by atoms with Gasteiger partial charge in [-0.05, 0) is 36.8 Å². The first-order chi connectivity index (χ1) is 12.1. The van der Waals surface area contributed by atoms with E-state index in [2.05, 4.69) is 30.5 Å². The average Bonchev–Trinajstić information content (AvgIpc) is 3.13. The van der Waals surface area contributed by atoms with Crippen molar-refractivity contribution in [1.29, 1.82) is 0 Å². The Balaban J connectivity index is 1.68. The Hall–Kier alpha value is -2.42. The Kier molecular flexibility index (Phi) is 5.64. The fraction of sp³-hybridized carbons (Fsp3) is 0.500. The lowest BCUT2D eigenvalue weighted by atomic mass is 10.1.